The van der Waals surface area contributed by atoms with Crippen molar-refractivity contribution in [1.29, 1.82) is 0 Å². The smallest absolute Gasteiger partial charge is 0.163 e. The van der Waals surface area contributed by atoms with Crippen LogP contribution in [0.2, 0.25) is 10.0 Å². The van der Waals surface area contributed by atoms with Gasteiger partial charge in [-0.25, -0.2) is 4.98 Å². The van der Waals surface area contributed by atoms with Gasteiger partial charge in [-0.3, -0.25) is 4.79 Å². The number of allylic oxidation sites excluding steroid dienone is 3. The van der Waals surface area contributed by atoms with E-state index in [0.29, 0.717) is 16.5 Å². The number of nitrogens with one attached hydrogen (secondary N) is 1. The number of aryl methyl sites for hydroxylation is 2. The summed E-state index contributed by atoms with van der Waals surface area (Å²) in [4.78, 5) is 18.2. The zero-order valence-corrected chi connectivity index (χ0v) is 18.9. The van der Waals surface area contributed by atoms with Crippen LogP contribution >= 0.6 is 23.2 Å². The predicted molar refractivity (Wildman–Crippen MR) is 118 cm³/mol. The highest BCUT2D eigenvalue weighted by molar-refractivity contribution is 6.35. The molecule has 0 saturated carbocycles. The van der Waals surface area contributed by atoms with Crippen LogP contribution in [0, 0.1) is 19.3 Å². The number of nitrogens with zero attached hydrogens (tertiary/aromatic N) is 2. The molecule has 0 amide bonds. The van der Waals surface area contributed by atoms with Crippen LogP contribution in [-0.2, 0) is 4.79 Å². The van der Waals surface area contributed by atoms with Crippen molar-refractivity contribution in [2.45, 2.75) is 53.5 Å². The van der Waals surface area contributed by atoms with Crippen LogP contribution in [0.15, 0.2) is 35.5 Å². The van der Waals surface area contributed by atoms with Crippen LogP contribution < -0.4 is 5.32 Å². The average Bonchev–Trinajstić information content (AvgIpc) is 2.80. The Morgan fingerprint density at radius 3 is 2.62 bits per heavy atom. The van der Waals surface area contributed by atoms with Gasteiger partial charge in [-0.2, -0.15) is 0 Å². The van der Waals surface area contributed by atoms with Crippen molar-refractivity contribution in [3.63, 3.8) is 0 Å². The molecule has 1 aromatic carbocycles. The van der Waals surface area contributed by atoms with Gasteiger partial charge < -0.3 is 9.88 Å². The summed E-state index contributed by atoms with van der Waals surface area (Å²) in [6.07, 6.45) is 3.34. The van der Waals surface area contributed by atoms with E-state index in [0.717, 1.165) is 46.2 Å². The number of carbonyl (C=O) groups is 1. The van der Waals surface area contributed by atoms with E-state index in [1.165, 1.54) is 0 Å². The van der Waals surface area contributed by atoms with Crippen LogP contribution in [0.5, 0.6) is 0 Å². The van der Waals surface area contributed by atoms with Gasteiger partial charge in [-0.1, -0.05) is 49.2 Å². The number of aromatic nitrogens is 2. The Balaban J connectivity index is 2.08. The van der Waals surface area contributed by atoms with E-state index >= 15 is 0 Å². The summed E-state index contributed by atoms with van der Waals surface area (Å²) in [5, 5.41) is 4.71. The van der Waals surface area contributed by atoms with Gasteiger partial charge in [0.25, 0.3) is 0 Å². The van der Waals surface area contributed by atoms with Gasteiger partial charge in [-0.05, 0) is 50.3 Å². The Morgan fingerprint density at radius 1 is 1.24 bits per heavy atom. The Bertz CT molecular complexity index is 1090. The van der Waals surface area contributed by atoms with E-state index in [1.807, 2.05) is 39.0 Å². The molecule has 2 aliphatic rings. The number of benzene rings is 1. The summed E-state index contributed by atoms with van der Waals surface area (Å²) in [5.74, 6) is 0.995. The second-order valence-electron chi connectivity index (χ2n) is 8.69. The Hall–Kier alpha value is -2.04. The zero-order valence-electron chi connectivity index (χ0n) is 17.4. The van der Waals surface area contributed by atoms with Gasteiger partial charge in [0.2, 0.25) is 0 Å². The number of halogens is 2. The van der Waals surface area contributed by atoms with Crippen LogP contribution in [0.4, 0.5) is 0 Å². The number of hydrogen-bond acceptors (Lipinski definition) is 3. The van der Waals surface area contributed by atoms with Gasteiger partial charge in [0, 0.05) is 27.7 Å². The first-order valence-corrected chi connectivity index (χ1v) is 10.6. The summed E-state index contributed by atoms with van der Waals surface area (Å²) in [6, 6.07) is 5.14. The maximum atomic E-state index is 13.5. The minimum absolute atomic E-state index is 0.0998. The largest absolute Gasteiger partial charge is 0.357 e. The van der Waals surface area contributed by atoms with E-state index in [2.05, 4.69) is 23.7 Å². The fraction of sp³-hybridized carbons (Fsp3) is 0.391. The van der Waals surface area contributed by atoms with Crippen molar-refractivity contribution in [2.24, 2.45) is 5.41 Å². The van der Waals surface area contributed by atoms with E-state index < -0.39 is 0 Å². The van der Waals surface area contributed by atoms with Gasteiger partial charge in [0.05, 0.1) is 23.1 Å². The van der Waals surface area contributed by atoms with Crippen LogP contribution in [0.1, 0.15) is 62.4 Å². The topological polar surface area (TPSA) is 46.9 Å². The third-order valence-corrected chi connectivity index (χ3v) is 6.36. The first kappa shape index (κ1) is 20.2. The normalized spacial score (nSPS) is 22.2. The lowest BCUT2D eigenvalue weighted by Crippen LogP contribution is -2.33. The number of imidazole rings is 1. The molecule has 29 heavy (non-hydrogen) atoms. The quantitative estimate of drug-likeness (QED) is 0.603. The number of ketones is 1. The highest BCUT2D eigenvalue weighted by atomic mass is 35.5. The molecule has 152 valence electrons. The van der Waals surface area contributed by atoms with Gasteiger partial charge in [-0.15, -0.1) is 0 Å². The molecule has 2 heterocycles. The summed E-state index contributed by atoms with van der Waals surface area (Å²) in [5.41, 5.74) is 5.37. The minimum Gasteiger partial charge on any atom is -0.357 e. The second kappa shape index (κ2) is 7.03. The van der Waals surface area contributed by atoms with Crippen molar-refractivity contribution in [3.8, 4) is 0 Å². The SMILES string of the molecule is C/C=C1/NC2=C(C(=O)CC(C)(C)C2)C(c2ccc(Cl)cc2Cl)n2c(C)nc(C)c21. The molecule has 1 aliphatic heterocycles. The van der Waals surface area contributed by atoms with E-state index in [9.17, 15) is 4.79 Å². The molecule has 0 saturated heterocycles. The highest BCUT2D eigenvalue weighted by Gasteiger charge is 2.41. The van der Waals surface area contributed by atoms with Crippen molar-refractivity contribution >= 4 is 34.7 Å². The van der Waals surface area contributed by atoms with E-state index in [-0.39, 0.29) is 17.2 Å². The molecular formula is C23H25Cl2N3O. The fourth-order valence-corrected chi connectivity index (χ4v) is 5.18. The van der Waals surface area contributed by atoms with Crippen LogP contribution in [0.25, 0.3) is 5.70 Å². The summed E-state index contributed by atoms with van der Waals surface area (Å²) >= 11 is 12.8. The monoisotopic (exact) mass is 429 g/mol. The molecule has 1 aromatic heterocycles. The minimum atomic E-state index is -0.348. The molecule has 6 heteroatoms. The fourth-order valence-electron chi connectivity index (χ4n) is 4.67. The first-order valence-electron chi connectivity index (χ1n) is 9.83. The predicted octanol–water partition coefficient (Wildman–Crippen LogP) is 6.00. The van der Waals surface area contributed by atoms with Crippen molar-refractivity contribution < 1.29 is 4.79 Å². The lowest BCUT2D eigenvalue weighted by atomic mass is 9.73. The maximum absolute atomic E-state index is 13.5. The molecule has 4 rings (SSSR count). The van der Waals surface area contributed by atoms with Gasteiger partial charge in [0.15, 0.2) is 5.78 Å². The number of rotatable bonds is 1. The summed E-state index contributed by atoms with van der Waals surface area (Å²) < 4.78 is 2.14. The van der Waals surface area contributed by atoms with Gasteiger partial charge in [0.1, 0.15) is 5.82 Å². The van der Waals surface area contributed by atoms with E-state index in [1.54, 1.807) is 6.07 Å². The van der Waals surface area contributed by atoms with E-state index in [4.69, 9.17) is 28.2 Å². The Morgan fingerprint density at radius 2 is 1.97 bits per heavy atom. The van der Waals surface area contributed by atoms with Crippen molar-refractivity contribution in [3.05, 3.63) is 68.4 Å². The summed E-state index contributed by atoms with van der Waals surface area (Å²) in [6.45, 7) is 10.3. The molecule has 1 N–H and O–H groups in total. The van der Waals surface area contributed by atoms with Crippen molar-refractivity contribution in [1.82, 2.24) is 14.9 Å². The Kier molecular flexibility index (Phi) is 4.91. The Labute approximate surface area is 181 Å². The summed E-state index contributed by atoms with van der Waals surface area (Å²) in [7, 11) is 0. The molecule has 0 bridgehead atoms. The molecule has 2 aromatic rings. The van der Waals surface area contributed by atoms with Crippen LogP contribution in [0.3, 0.4) is 0 Å². The number of Topliss-reactive ketones (excluding diaryl/α,β-unsaturated/α-hetero) is 1. The molecule has 0 spiro atoms. The zero-order chi connectivity index (χ0) is 21.1. The van der Waals surface area contributed by atoms with Crippen LogP contribution in [-0.4, -0.2) is 15.3 Å². The average molecular weight is 430 g/mol. The molecule has 0 radical (unpaired) electrons. The first-order chi connectivity index (χ1) is 13.6. The molecule has 0 fully saturated rings. The standard InChI is InChI=1S/C23H25Cl2N3O/c1-6-17-21-12(2)26-13(3)28(21)22(15-8-7-14(24)9-16(15)25)20-18(27-17)10-23(4,5)11-19(20)29/h6-9,22,27H,10-11H2,1-5H3/b17-6+. The maximum Gasteiger partial charge on any atom is 0.163 e. The molecular weight excluding hydrogens is 405 g/mol. The third-order valence-electron chi connectivity index (χ3n) is 5.80. The lowest BCUT2D eigenvalue weighted by Gasteiger charge is -2.34. The molecule has 1 unspecified atom stereocenters. The highest BCUT2D eigenvalue weighted by Crippen LogP contribution is 2.46. The molecule has 4 nitrogen and oxygen atoms in total. The molecule has 1 aliphatic carbocycles. The third kappa shape index (κ3) is 3.32. The van der Waals surface area contributed by atoms with Crippen molar-refractivity contribution in [2.75, 3.05) is 0 Å². The lowest BCUT2D eigenvalue weighted by molar-refractivity contribution is -0.118. The molecule has 1 atom stereocenters. The number of fused-ring (bicyclic) bond motifs is 1. The second-order valence-corrected chi connectivity index (χ2v) is 9.54. The van der Waals surface area contributed by atoms with Gasteiger partial charge >= 0.3 is 0 Å². The number of hydrogen-bond donors (Lipinski definition) is 1. The number of carbonyl (C=O) groups excluding carboxylic acids is 1.